The lowest BCUT2D eigenvalue weighted by atomic mass is 10.0. The average Bonchev–Trinajstić information content (AvgIpc) is 2.74. The number of hydrogen-bond acceptors (Lipinski definition) is 8. The van der Waals surface area contributed by atoms with E-state index in [1.807, 2.05) is 0 Å². The first kappa shape index (κ1) is 25.0. The van der Waals surface area contributed by atoms with E-state index in [0.29, 0.717) is 5.39 Å². The molecule has 0 amide bonds. The summed E-state index contributed by atoms with van der Waals surface area (Å²) in [6.45, 7) is 0.0742. The van der Waals surface area contributed by atoms with Crippen LogP contribution in [0, 0.1) is 0 Å². The summed E-state index contributed by atoms with van der Waals surface area (Å²) in [6.07, 6.45) is -12.0. The van der Waals surface area contributed by atoms with Crippen molar-refractivity contribution >= 4 is 28.8 Å². The number of aliphatic hydroxyl groups excluding tert-OH is 1. The number of esters is 1. The number of halogens is 6. The predicted molar refractivity (Wildman–Crippen MR) is 108 cm³/mol. The molecule has 1 aromatic carbocycles. The van der Waals surface area contributed by atoms with Crippen LogP contribution in [-0.4, -0.2) is 45.0 Å². The van der Waals surface area contributed by atoms with E-state index in [4.69, 9.17) is 5.73 Å². The molecule has 0 spiro atoms. The predicted octanol–water partition coefficient (Wildman–Crippen LogP) is 3.91. The minimum Gasteiger partial charge on any atom is -0.429 e. The fraction of sp³-hybridized carbons (Fsp3) is 0.300. The van der Waals surface area contributed by atoms with Gasteiger partial charge in [-0.3, -0.25) is 0 Å². The Morgan fingerprint density at radius 1 is 1.06 bits per heavy atom. The normalized spacial score (nSPS) is 13.0. The standard InChI is InChI=1S/C20H17F6N5O3/c21-19(22,23)12-5-2-1-4-10(12)13-8-7-11-15(30-18(27)31-16(11)29-13)28-9-3-6-14(32)34-17(33)20(24,25)26/h1-2,4-5,7-8,14,32H,3,6,9H2,(H3,27,28,29,30,31). The molecule has 182 valence electrons. The zero-order chi connectivity index (χ0) is 25.1. The summed E-state index contributed by atoms with van der Waals surface area (Å²) in [5, 5.41) is 12.6. The highest BCUT2D eigenvalue weighted by atomic mass is 19.4. The van der Waals surface area contributed by atoms with Gasteiger partial charge in [0.1, 0.15) is 5.82 Å². The summed E-state index contributed by atoms with van der Waals surface area (Å²) in [6, 6.07) is 7.72. The van der Waals surface area contributed by atoms with E-state index in [1.165, 1.54) is 30.3 Å². The third-order valence-corrected chi connectivity index (χ3v) is 4.48. The van der Waals surface area contributed by atoms with Crippen molar-refractivity contribution in [1.82, 2.24) is 15.0 Å². The van der Waals surface area contributed by atoms with Gasteiger partial charge in [-0.15, -0.1) is 0 Å². The van der Waals surface area contributed by atoms with Gasteiger partial charge in [-0.05, 0) is 24.6 Å². The van der Waals surface area contributed by atoms with Crippen molar-refractivity contribution in [2.45, 2.75) is 31.5 Å². The smallest absolute Gasteiger partial charge is 0.429 e. The van der Waals surface area contributed by atoms with Gasteiger partial charge in [0, 0.05) is 18.5 Å². The molecule has 3 aromatic rings. The van der Waals surface area contributed by atoms with E-state index in [2.05, 4.69) is 25.0 Å². The largest absolute Gasteiger partial charge is 0.491 e. The summed E-state index contributed by atoms with van der Waals surface area (Å²) in [4.78, 5) is 22.8. The molecule has 0 aliphatic carbocycles. The van der Waals surface area contributed by atoms with Crippen LogP contribution in [0.5, 0.6) is 0 Å². The number of carbonyl (C=O) groups is 1. The topological polar surface area (TPSA) is 123 Å². The molecule has 0 radical (unpaired) electrons. The highest BCUT2D eigenvalue weighted by molar-refractivity contribution is 5.89. The van der Waals surface area contributed by atoms with E-state index in [0.717, 1.165) is 6.07 Å². The van der Waals surface area contributed by atoms with E-state index in [1.54, 1.807) is 0 Å². The molecule has 0 saturated carbocycles. The second-order valence-electron chi connectivity index (χ2n) is 6.97. The van der Waals surface area contributed by atoms with Crippen LogP contribution in [0.3, 0.4) is 0 Å². The molecule has 34 heavy (non-hydrogen) atoms. The van der Waals surface area contributed by atoms with Crippen LogP contribution in [0.15, 0.2) is 36.4 Å². The first-order valence-corrected chi connectivity index (χ1v) is 9.67. The second kappa shape index (κ2) is 9.67. The fourth-order valence-electron chi connectivity index (χ4n) is 3.00. The number of anilines is 2. The monoisotopic (exact) mass is 489 g/mol. The van der Waals surface area contributed by atoms with E-state index in [-0.39, 0.29) is 48.1 Å². The maximum atomic E-state index is 13.3. The van der Waals surface area contributed by atoms with Crippen LogP contribution in [-0.2, 0) is 15.7 Å². The second-order valence-corrected chi connectivity index (χ2v) is 6.97. The summed E-state index contributed by atoms with van der Waals surface area (Å²) in [5.41, 5.74) is 4.69. The number of nitrogens with one attached hydrogen (secondary N) is 1. The Bertz CT molecular complexity index is 1190. The molecular weight excluding hydrogens is 472 g/mol. The van der Waals surface area contributed by atoms with Crippen molar-refractivity contribution in [3.05, 3.63) is 42.0 Å². The molecule has 1 atom stereocenters. The maximum absolute atomic E-state index is 13.3. The number of nitrogens with two attached hydrogens (primary N) is 1. The quantitative estimate of drug-likeness (QED) is 0.198. The van der Waals surface area contributed by atoms with Gasteiger partial charge in [0.05, 0.1) is 16.6 Å². The number of benzene rings is 1. The Morgan fingerprint density at radius 3 is 2.44 bits per heavy atom. The SMILES string of the molecule is Nc1nc(NCCCC(O)OC(=O)C(F)(F)F)c2ccc(-c3ccccc3C(F)(F)F)nc2n1. The lowest BCUT2D eigenvalue weighted by molar-refractivity contribution is -0.219. The number of ether oxygens (including phenoxy) is 1. The molecule has 1 unspecified atom stereocenters. The number of rotatable bonds is 7. The molecular formula is C20H17F6N5O3. The summed E-state index contributed by atoms with van der Waals surface area (Å²) in [7, 11) is 0. The Labute approximate surface area is 187 Å². The summed E-state index contributed by atoms with van der Waals surface area (Å²) in [5.74, 6) is -2.55. The van der Waals surface area contributed by atoms with E-state index < -0.39 is 30.2 Å². The lowest BCUT2D eigenvalue weighted by Crippen LogP contribution is -2.30. The number of hydrogen-bond donors (Lipinski definition) is 3. The molecule has 4 N–H and O–H groups in total. The highest BCUT2D eigenvalue weighted by Gasteiger charge is 2.42. The molecule has 2 heterocycles. The van der Waals surface area contributed by atoms with Gasteiger partial charge in [-0.25, -0.2) is 9.78 Å². The first-order valence-electron chi connectivity index (χ1n) is 9.67. The number of carbonyl (C=O) groups excluding carboxylic acids is 1. The number of aliphatic hydroxyl groups is 1. The highest BCUT2D eigenvalue weighted by Crippen LogP contribution is 2.37. The minimum atomic E-state index is -5.22. The third-order valence-electron chi connectivity index (χ3n) is 4.48. The zero-order valence-electron chi connectivity index (χ0n) is 17.1. The van der Waals surface area contributed by atoms with E-state index >= 15 is 0 Å². The van der Waals surface area contributed by atoms with Crippen LogP contribution < -0.4 is 11.1 Å². The number of aromatic nitrogens is 3. The lowest BCUT2D eigenvalue weighted by Gasteiger charge is -2.14. The van der Waals surface area contributed by atoms with Gasteiger partial charge in [-0.1, -0.05) is 18.2 Å². The van der Waals surface area contributed by atoms with Crippen molar-refractivity contribution in [1.29, 1.82) is 0 Å². The molecule has 0 aliphatic rings. The molecule has 8 nitrogen and oxygen atoms in total. The Hall–Kier alpha value is -3.68. The van der Waals surface area contributed by atoms with Gasteiger partial charge >= 0.3 is 18.3 Å². The Kier molecular flexibility index (Phi) is 7.09. The summed E-state index contributed by atoms with van der Waals surface area (Å²) < 4.78 is 80.3. The van der Waals surface area contributed by atoms with Crippen LogP contribution >= 0.6 is 0 Å². The minimum absolute atomic E-state index is 0.0130. The molecule has 0 saturated heterocycles. The van der Waals surface area contributed by atoms with Crippen molar-refractivity contribution in [2.24, 2.45) is 0 Å². The van der Waals surface area contributed by atoms with Crippen LogP contribution in [0.4, 0.5) is 38.1 Å². The number of fused-ring (bicyclic) bond motifs is 1. The first-order chi connectivity index (χ1) is 15.9. The number of nitrogens with zero attached hydrogens (tertiary/aromatic N) is 3. The van der Waals surface area contributed by atoms with Crippen LogP contribution in [0.25, 0.3) is 22.3 Å². The van der Waals surface area contributed by atoms with Crippen molar-refractivity contribution in [3.63, 3.8) is 0 Å². The zero-order valence-corrected chi connectivity index (χ0v) is 17.1. The Morgan fingerprint density at radius 2 is 1.76 bits per heavy atom. The number of alkyl halides is 6. The Balaban J connectivity index is 1.74. The molecule has 3 rings (SSSR count). The van der Waals surface area contributed by atoms with E-state index in [9.17, 15) is 36.2 Å². The van der Waals surface area contributed by atoms with Gasteiger partial charge in [0.2, 0.25) is 12.2 Å². The van der Waals surface area contributed by atoms with Crippen molar-refractivity contribution in [3.8, 4) is 11.3 Å². The summed E-state index contributed by atoms with van der Waals surface area (Å²) >= 11 is 0. The molecule has 14 heteroatoms. The molecule has 2 aromatic heterocycles. The van der Waals surface area contributed by atoms with Crippen LogP contribution in [0.2, 0.25) is 0 Å². The number of nitrogen functional groups attached to an aromatic ring is 1. The van der Waals surface area contributed by atoms with Gasteiger partial charge in [0.15, 0.2) is 5.65 Å². The van der Waals surface area contributed by atoms with Gasteiger partial charge in [-0.2, -0.15) is 36.3 Å². The van der Waals surface area contributed by atoms with Crippen LogP contribution in [0.1, 0.15) is 18.4 Å². The molecule has 0 bridgehead atoms. The average molecular weight is 489 g/mol. The molecule has 0 fully saturated rings. The van der Waals surface area contributed by atoms with Crippen molar-refractivity contribution < 1.29 is 41.0 Å². The van der Waals surface area contributed by atoms with Crippen molar-refractivity contribution in [2.75, 3.05) is 17.6 Å². The maximum Gasteiger partial charge on any atom is 0.491 e. The van der Waals surface area contributed by atoms with Gasteiger partial charge < -0.3 is 20.9 Å². The van der Waals surface area contributed by atoms with Gasteiger partial charge in [0.25, 0.3) is 0 Å². The third kappa shape index (κ3) is 6.01. The molecule has 0 aliphatic heterocycles. The number of pyridine rings is 1. The fourth-order valence-corrected chi connectivity index (χ4v) is 3.00.